The maximum absolute atomic E-state index is 9.02. The van der Waals surface area contributed by atoms with Crippen molar-refractivity contribution in [3.63, 3.8) is 0 Å². The second kappa shape index (κ2) is 5.85. The van der Waals surface area contributed by atoms with Crippen LogP contribution >= 0.6 is 27.5 Å². The van der Waals surface area contributed by atoms with Crippen molar-refractivity contribution in [2.75, 3.05) is 5.32 Å². The van der Waals surface area contributed by atoms with E-state index in [4.69, 9.17) is 16.9 Å². The Morgan fingerprint density at radius 3 is 2.94 bits per heavy atom. The van der Waals surface area contributed by atoms with Gasteiger partial charge in [0, 0.05) is 23.4 Å². The molecule has 0 bridgehead atoms. The summed E-state index contributed by atoms with van der Waals surface area (Å²) in [6.07, 6.45) is 3.29. The summed E-state index contributed by atoms with van der Waals surface area (Å²) >= 11 is 9.40. The average molecular weight is 323 g/mol. The summed E-state index contributed by atoms with van der Waals surface area (Å²) in [5.74, 6) is 0. The maximum atomic E-state index is 9.02. The second-order valence-electron chi connectivity index (χ2n) is 3.62. The Kier molecular flexibility index (Phi) is 4.19. The third-order valence-electron chi connectivity index (χ3n) is 2.43. The van der Waals surface area contributed by atoms with Crippen LogP contribution in [0, 0.1) is 11.3 Å². The first-order valence-corrected chi connectivity index (χ1v) is 6.39. The fourth-order valence-corrected chi connectivity index (χ4v) is 2.05. The van der Waals surface area contributed by atoms with Crippen molar-refractivity contribution in [3.8, 4) is 6.07 Å². The Morgan fingerprint density at radius 1 is 1.39 bits per heavy atom. The fourth-order valence-electron chi connectivity index (χ4n) is 1.50. The SMILES string of the molecule is N#Cc1ccc(Br)cc1NCc1ccncc1Cl. The third kappa shape index (κ3) is 3.00. The normalized spacial score (nSPS) is 9.83. The zero-order valence-corrected chi connectivity index (χ0v) is 11.7. The largest absolute Gasteiger partial charge is 0.380 e. The van der Waals surface area contributed by atoms with Crippen LogP contribution in [0.1, 0.15) is 11.1 Å². The van der Waals surface area contributed by atoms with E-state index in [0.29, 0.717) is 17.1 Å². The molecule has 0 aliphatic rings. The number of nitriles is 1. The van der Waals surface area contributed by atoms with Crippen LogP contribution in [0.15, 0.2) is 41.1 Å². The molecule has 1 heterocycles. The molecule has 0 unspecified atom stereocenters. The lowest BCUT2D eigenvalue weighted by Gasteiger charge is -2.09. The van der Waals surface area contributed by atoms with Crippen molar-refractivity contribution in [3.05, 3.63) is 57.3 Å². The molecule has 1 aromatic heterocycles. The van der Waals surface area contributed by atoms with Gasteiger partial charge in [-0.2, -0.15) is 5.26 Å². The first-order chi connectivity index (χ1) is 8.70. The quantitative estimate of drug-likeness (QED) is 0.930. The van der Waals surface area contributed by atoms with Crippen LogP contribution in [0.2, 0.25) is 5.02 Å². The van der Waals surface area contributed by atoms with E-state index in [1.807, 2.05) is 18.2 Å². The average Bonchev–Trinajstić information content (AvgIpc) is 2.38. The van der Waals surface area contributed by atoms with Crippen molar-refractivity contribution in [1.29, 1.82) is 5.26 Å². The maximum Gasteiger partial charge on any atom is 0.101 e. The van der Waals surface area contributed by atoms with Crippen molar-refractivity contribution < 1.29 is 0 Å². The van der Waals surface area contributed by atoms with Crippen molar-refractivity contribution in [1.82, 2.24) is 4.98 Å². The molecule has 1 aromatic carbocycles. The topological polar surface area (TPSA) is 48.7 Å². The van der Waals surface area contributed by atoms with Crippen LogP contribution < -0.4 is 5.32 Å². The predicted molar refractivity (Wildman–Crippen MR) is 75.4 cm³/mol. The van der Waals surface area contributed by atoms with Gasteiger partial charge in [-0.15, -0.1) is 0 Å². The molecule has 0 aliphatic heterocycles. The number of pyridine rings is 1. The van der Waals surface area contributed by atoms with Crippen LogP contribution in [0.4, 0.5) is 5.69 Å². The summed E-state index contributed by atoms with van der Waals surface area (Å²) in [5, 5.41) is 12.8. The predicted octanol–water partition coefficient (Wildman–Crippen LogP) is 3.98. The molecule has 0 fully saturated rings. The zero-order chi connectivity index (χ0) is 13.0. The molecule has 18 heavy (non-hydrogen) atoms. The lowest BCUT2D eigenvalue weighted by Crippen LogP contribution is -2.02. The van der Waals surface area contributed by atoms with E-state index in [9.17, 15) is 0 Å². The van der Waals surface area contributed by atoms with Gasteiger partial charge in [0.15, 0.2) is 0 Å². The molecule has 0 spiro atoms. The number of halogens is 2. The van der Waals surface area contributed by atoms with E-state index in [1.165, 1.54) is 0 Å². The van der Waals surface area contributed by atoms with Crippen LogP contribution in [0.3, 0.4) is 0 Å². The molecule has 0 aliphatic carbocycles. The molecule has 0 atom stereocenters. The minimum Gasteiger partial charge on any atom is -0.380 e. The van der Waals surface area contributed by atoms with E-state index in [1.54, 1.807) is 18.5 Å². The van der Waals surface area contributed by atoms with Gasteiger partial charge >= 0.3 is 0 Å². The van der Waals surface area contributed by atoms with Crippen molar-refractivity contribution in [2.24, 2.45) is 0 Å². The first kappa shape index (κ1) is 12.9. The van der Waals surface area contributed by atoms with Crippen LogP contribution in [0.5, 0.6) is 0 Å². The number of hydrogen-bond acceptors (Lipinski definition) is 3. The lowest BCUT2D eigenvalue weighted by molar-refractivity contribution is 1.12. The van der Waals surface area contributed by atoms with Crippen LogP contribution in [-0.4, -0.2) is 4.98 Å². The Balaban J connectivity index is 2.18. The number of nitrogens with one attached hydrogen (secondary N) is 1. The van der Waals surface area contributed by atoms with Gasteiger partial charge in [0.1, 0.15) is 6.07 Å². The summed E-state index contributed by atoms with van der Waals surface area (Å²) < 4.78 is 0.921. The molecule has 0 saturated heterocycles. The van der Waals surface area contributed by atoms with E-state index >= 15 is 0 Å². The number of aromatic nitrogens is 1. The highest BCUT2D eigenvalue weighted by Gasteiger charge is 2.04. The Morgan fingerprint density at radius 2 is 2.22 bits per heavy atom. The van der Waals surface area contributed by atoms with Gasteiger partial charge in [-0.05, 0) is 29.8 Å². The van der Waals surface area contributed by atoms with Gasteiger partial charge in [0.2, 0.25) is 0 Å². The van der Waals surface area contributed by atoms with E-state index in [2.05, 4.69) is 32.3 Å². The molecule has 2 rings (SSSR count). The molecule has 90 valence electrons. The third-order valence-corrected chi connectivity index (χ3v) is 3.26. The lowest BCUT2D eigenvalue weighted by atomic mass is 10.2. The van der Waals surface area contributed by atoms with Gasteiger partial charge in [0.25, 0.3) is 0 Å². The standard InChI is InChI=1S/C13H9BrClN3/c14-11-2-1-9(6-16)13(5-11)18-7-10-3-4-17-8-12(10)15/h1-5,8,18H,7H2. The summed E-state index contributed by atoms with van der Waals surface area (Å²) in [7, 11) is 0. The Bertz CT molecular complexity index is 607. The molecule has 0 radical (unpaired) electrons. The van der Waals surface area contributed by atoms with Gasteiger partial charge in [-0.3, -0.25) is 4.98 Å². The summed E-state index contributed by atoms with van der Waals surface area (Å²) in [6, 6.07) is 9.46. The molecular weight excluding hydrogens is 314 g/mol. The van der Waals surface area contributed by atoms with Crippen molar-refractivity contribution >= 4 is 33.2 Å². The zero-order valence-electron chi connectivity index (χ0n) is 9.32. The molecule has 1 N–H and O–H groups in total. The number of hydrogen-bond donors (Lipinski definition) is 1. The Hall–Kier alpha value is -1.57. The summed E-state index contributed by atoms with van der Waals surface area (Å²) in [6.45, 7) is 0.548. The molecule has 5 heteroatoms. The second-order valence-corrected chi connectivity index (χ2v) is 4.95. The summed E-state index contributed by atoms with van der Waals surface area (Å²) in [4.78, 5) is 3.93. The molecule has 0 saturated carbocycles. The molecular formula is C13H9BrClN3. The number of rotatable bonds is 3. The van der Waals surface area contributed by atoms with Gasteiger partial charge in [-0.25, -0.2) is 0 Å². The minimum atomic E-state index is 0.548. The highest BCUT2D eigenvalue weighted by atomic mass is 79.9. The van der Waals surface area contributed by atoms with E-state index in [0.717, 1.165) is 15.7 Å². The monoisotopic (exact) mass is 321 g/mol. The van der Waals surface area contributed by atoms with Crippen molar-refractivity contribution in [2.45, 2.75) is 6.54 Å². The highest BCUT2D eigenvalue weighted by Crippen LogP contribution is 2.22. The number of anilines is 1. The highest BCUT2D eigenvalue weighted by molar-refractivity contribution is 9.10. The van der Waals surface area contributed by atoms with Crippen LogP contribution in [-0.2, 0) is 6.54 Å². The number of benzene rings is 1. The van der Waals surface area contributed by atoms with Gasteiger partial charge in [0.05, 0.1) is 16.3 Å². The first-order valence-electron chi connectivity index (χ1n) is 5.22. The minimum absolute atomic E-state index is 0.548. The molecule has 2 aromatic rings. The van der Waals surface area contributed by atoms with Gasteiger partial charge in [-0.1, -0.05) is 27.5 Å². The smallest absolute Gasteiger partial charge is 0.101 e. The van der Waals surface area contributed by atoms with E-state index < -0.39 is 0 Å². The van der Waals surface area contributed by atoms with Gasteiger partial charge < -0.3 is 5.32 Å². The number of nitrogens with zero attached hydrogens (tertiary/aromatic N) is 2. The Labute approximate surface area is 119 Å². The molecule has 3 nitrogen and oxygen atoms in total. The molecule has 0 amide bonds. The van der Waals surface area contributed by atoms with E-state index in [-0.39, 0.29) is 0 Å². The fraction of sp³-hybridized carbons (Fsp3) is 0.0769. The van der Waals surface area contributed by atoms with Crippen LogP contribution in [0.25, 0.3) is 0 Å². The summed E-state index contributed by atoms with van der Waals surface area (Å²) in [5.41, 5.74) is 2.32.